The molecular formula is C17H14BrNO. The van der Waals surface area contributed by atoms with Gasteiger partial charge in [-0.05, 0) is 36.2 Å². The van der Waals surface area contributed by atoms with Crippen LogP contribution in [0.4, 0.5) is 0 Å². The molecule has 1 N–H and O–H groups in total. The number of hydrogen-bond donors (Lipinski definition) is 1. The van der Waals surface area contributed by atoms with E-state index in [1.165, 1.54) is 0 Å². The molecular weight excluding hydrogens is 314 g/mol. The largest absolute Gasteiger partial charge is 0.360 e. The highest BCUT2D eigenvalue weighted by Crippen LogP contribution is 2.23. The first-order valence-corrected chi connectivity index (χ1v) is 7.29. The Morgan fingerprint density at radius 1 is 1.20 bits per heavy atom. The standard InChI is InChI=1S/C17H14BrNO/c1-11-4-2-7-15-17(11)14(10-19-15)16(20)9-12-5-3-6-13(18)8-12/h2-8,10,19H,9H2,1H3. The van der Waals surface area contributed by atoms with E-state index in [1.807, 2.05) is 55.6 Å². The molecule has 20 heavy (non-hydrogen) atoms. The Morgan fingerprint density at radius 3 is 2.80 bits per heavy atom. The Kier molecular flexibility index (Phi) is 3.45. The van der Waals surface area contributed by atoms with Gasteiger partial charge in [0.25, 0.3) is 0 Å². The topological polar surface area (TPSA) is 32.9 Å². The molecule has 0 atom stereocenters. The molecule has 0 radical (unpaired) electrons. The number of benzene rings is 2. The van der Waals surface area contributed by atoms with Crippen LogP contribution in [0.3, 0.4) is 0 Å². The third-order valence-corrected chi connectivity index (χ3v) is 3.96. The van der Waals surface area contributed by atoms with Gasteiger partial charge in [-0.2, -0.15) is 0 Å². The summed E-state index contributed by atoms with van der Waals surface area (Å²) in [6.07, 6.45) is 2.23. The molecule has 0 fully saturated rings. The average Bonchev–Trinajstić information content (AvgIpc) is 2.84. The zero-order valence-corrected chi connectivity index (χ0v) is 12.7. The second kappa shape index (κ2) is 5.25. The van der Waals surface area contributed by atoms with E-state index in [0.29, 0.717) is 6.42 Å². The van der Waals surface area contributed by atoms with Crippen LogP contribution in [0, 0.1) is 6.92 Å². The van der Waals surface area contributed by atoms with Gasteiger partial charge in [0.2, 0.25) is 0 Å². The number of aryl methyl sites for hydroxylation is 1. The summed E-state index contributed by atoms with van der Waals surface area (Å²) in [5, 5.41) is 1.03. The molecule has 1 aromatic heterocycles. The summed E-state index contributed by atoms with van der Waals surface area (Å²) < 4.78 is 0.998. The number of fused-ring (bicyclic) bond motifs is 1. The molecule has 3 heteroatoms. The first-order chi connectivity index (χ1) is 9.65. The van der Waals surface area contributed by atoms with Crippen LogP contribution >= 0.6 is 15.9 Å². The van der Waals surface area contributed by atoms with Gasteiger partial charge in [-0.15, -0.1) is 0 Å². The second-order valence-corrected chi connectivity index (χ2v) is 5.85. The Hall–Kier alpha value is -1.87. The van der Waals surface area contributed by atoms with Crippen molar-refractivity contribution in [3.05, 3.63) is 69.8 Å². The monoisotopic (exact) mass is 327 g/mol. The van der Waals surface area contributed by atoms with E-state index in [4.69, 9.17) is 0 Å². The molecule has 0 saturated heterocycles. The highest BCUT2D eigenvalue weighted by atomic mass is 79.9. The number of aromatic amines is 1. The van der Waals surface area contributed by atoms with Crippen molar-refractivity contribution in [3.8, 4) is 0 Å². The van der Waals surface area contributed by atoms with E-state index in [0.717, 1.165) is 32.1 Å². The lowest BCUT2D eigenvalue weighted by Crippen LogP contribution is -2.03. The molecule has 0 saturated carbocycles. The van der Waals surface area contributed by atoms with Crippen molar-refractivity contribution in [1.29, 1.82) is 0 Å². The van der Waals surface area contributed by atoms with E-state index >= 15 is 0 Å². The summed E-state index contributed by atoms with van der Waals surface area (Å²) in [5.74, 6) is 0.142. The predicted octanol–water partition coefficient (Wildman–Crippen LogP) is 4.66. The summed E-state index contributed by atoms with van der Waals surface area (Å²) in [5.41, 5.74) is 3.94. The summed E-state index contributed by atoms with van der Waals surface area (Å²) in [6.45, 7) is 2.03. The summed E-state index contributed by atoms with van der Waals surface area (Å²) in [6, 6.07) is 13.9. The molecule has 3 aromatic rings. The molecule has 0 aliphatic rings. The lowest BCUT2D eigenvalue weighted by atomic mass is 10.0. The Labute approximate surface area is 126 Å². The van der Waals surface area contributed by atoms with E-state index in [9.17, 15) is 4.79 Å². The average molecular weight is 328 g/mol. The number of H-pyrrole nitrogens is 1. The van der Waals surface area contributed by atoms with Gasteiger partial charge in [-0.3, -0.25) is 4.79 Å². The number of halogens is 1. The minimum absolute atomic E-state index is 0.142. The van der Waals surface area contributed by atoms with Gasteiger partial charge in [0.05, 0.1) is 0 Å². The number of hydrogen-bond acceptors (Lipinski definition) is 1. The van der Waals surface area contributed by atoms with Crippen molar-refractivity contribution >= 4 is 32.6 Å². The van der Waals surface area contributed by atoms with Crippen LogP contribution in [0.5, 0.6) is 0 Å². The number of aromatic nitrogens is 1. The van der Waals surface area contributed by atoms with Gasteiger partial charge in [-0.25, -0.2) is 0 Å². The minimum atomic E-state index is 0.142. The molecule has 0 aliphatic heterocycles. The highest BCUT2D eigenvalue weighted by Gasteiger charge is 2.14. The number of carbonyl (C=O) groups excluding carboxylic acids is 1. The fourth-order valence-corrected chi connectivity index (χ4v) is 2.96. The SMILES string of the molecule is Cc1cccc2[nH]cc(C(=O)Cc3cccc(Br)c3)c12. The quantitative estimate of drug-likeness (QED) is 0.697. The van der Waals surface area contributed by atoms with Gasteiger partial charge in [0.15, 0.2) is 5.78 Å². The van der Waals surface area contributed by atoms with Gasteiger partial charge < -0.3 is 4.98 Å². The third-order valence-electron chi connectivity index (χ3n) is 3.47. The molecule has 1 heterocycles. The molecule has 0 amide bonds. The number of Topliss-reactive ketones (excluding diaryl/α,β-unsaturated/α-hetero) is 1. The van der Waals surface area contributed by atoms with Crippen LogP contribution in [0.1, 0.15) is 21.5 Å². The molecule has 0 aliphatic carbocycles. The Balaban J connectivity index is 1.97. The molecule has 100 valence electrons. The van der Waals surface area contributed by atoms with Crippen LogP contribution < -0.4 is 0 Å². The molecule has 0 spiro atoms. The zero-order chi connectivity index (χ0) is 14.1. The fourth-order valence-electron chi connectivity index (χ4n) is 2.52. The number of ketones is 1. The molecule has 3 rings (SSSR count). The highest BCUT2D eigenvalue weighted by molar-refractivity contribution is 9.10. The second-order valence-electron chi connectivity index (χ2n) is 4.93. The number of carbonyl (C=O) groups is 1. The van der Waals surface area contributed by atoms with Crippen molar-refractivity contribution in [1.82, 2.24) is 4.98 Å². The maximum Gasteiger partial charge on any atom is 0.169 e. The summed E-state index contributed by atoms with van der Waals surface area (Å²) >= 11 is 3.43. The summed E-state index contributed by atoms with van der Waals surface area (Å²) in [7, 11) is 0. The van der Waals surface area contributed by atoms with Gasteiger partial charge in [-0.1, -0.05) is 40.2 Å². The van der Waals surface area contributed by atoms with Crippen molar-refractivity contribution in [3.63, 3.8) is 0 Å². The van der Waals surface area contributed by atoms with E-state index in [2.05, 4.69) is 20.9 Å². The zero-order valence-electron chi connectivity index (χ0n) is 11.1. The normalized spacial score (nSPS) is 10.9. The van der Waals surface area contributed by atoms with Crippen LogP contribution in [0.15, 0.2) is 53.1 Å². The molecule has 0 unspecified atom stereocenters. The van der Waals surface area contributed by atoms with Gasteiger partial charge in [0, 0.05) is 33.6 Å². The number of rotatable bonds is 3. The van der Waals surface area contributed by atoms with Crippen LogP contribution in [0.2, 0.25) is 0 Å². The molecule has 2 aromatic carbocycles. The lowest BCUT2D eigenvalue weighted by molar-refractivity contribution is 0.0994. The maximum atomic E-state index is 12.5. The smallest absolute Gasteiger partial charge is 0.169 e. The Morgan fingerprint density at radius 2 is 2.00 bits per heavy atom. The third kappa shape index (κ3) is 2.41. The van der Waals surface area contributed by atoms with Crippen LogP contribution in [-0.4, -0.2) is 10.8 Å². The first kappa shape index (κ1) is 13.1. The van der Waals surface area contributed by atoms with E-state index < -0.39 is 0 Å². The van der Waals surface area contributed by atoms with Crippen LogP contribution in [0.25, 0.3) is 10.9 Å². The summed E-state index contributed by atoms with van der Waals surface area (Å²) in [4.78, 5) is 15.7. The molecule has 2 nitrogen and oxygen atoms in total. The first-order valence-electron chi connectivity index (χ1n) is 6.49. The molecule has 0 bridgehead atoms. The lowest BCUT2D eigenvalue weighted by Gasteiger charge is -2.03. The number of nitrogens with one attached hydrogen (secondary N) is 1. The minimum Gasteiger partial charge on any atom is -0.360 e. The maximum absolute atomic E-state index is 12.5. The van der Waals surface area contributed by atoms with E-state index in [1.54, 1.807) is 0 Å². The van der Waals surface area contributed by atoms with Crippen molar-refractivity contribution in [2.75, 3.05) is 0 Å². The van der Waals surface area contributed by atoms with Gasteiger partial charge >= 0.3 is 0 Å². The van der Waals surface area contributed by atoms with Crippen molar-refractivity contribution < 1.29 is 4.79 Å². The van der Waals surface area contributed by atoms with Crippen LogP contribution in [-0.2, 0) is 6.42 Å². The van der Waals surface area contributed by atoms with Crippen molar-refractivity contribution in [2.24, 2.45) is 0 Å². The predicted molar refractivity (Wildman–Crippen MR) is 85.2 cm³/mol. The van der Waals surface area contributed by atoms with Gasteiger partial charge in [0.1, 0.15) is 0 Å². The Bertz CT molecular complexity index is 789. The fraction of sp³-hybridized carbons (Fsp3) is 0.118. The van der Waals surface area contributed by atoms with Crippen molar-refractivity contribution in [2.45, 2.75) is 13.3 Å². The van der Waals surface area contributed by atoms with E-state index in [-0.39, 0.29) is 5.78 Å².